The van der Waals surface area contributed by atoms with E-state index in [2.05, 4.69) is 25.8 Å². The van der Waals surface area contributed by atoms with Crippen LogP contribution in [0.3, 0.4) is 0 Å². The van der Waals surface area contributed by atoms with Crippen LogP contribution < -0.4 is 4.74 Å². The second-order valence-corrected chi connectivity index (χ2v) is 7.12. The molecule has 1 rings (SSSR count). The molecule has 0 spiro atoms. The average molecular weight is 263 g/mol. The van der Waals surface area contributed by atoms with Gasteiger partial charge in [0.05, 0.1) is 6.61 Å². The third kappa shape index (κ3) is 5.41. The number of ketones is 1. The van der Waals surface area contributed by atoms with Gasteiger partial charge in [0, 0.05) is 23.2 Å². The molecule has 0 saturated carbocycles. The van der Waals surface area contributed by atoms with Crippen molar-refractivity contribution in [2.24, 2.45) is 10.8 Å². The monoisotopic (exact) mass is 263 g/mol. The van der Waals surface area contributed by atoms with E-state index in [-0.39, 0.29) is 16.6 Å². The second kappa shape index (κ2) is 5.72. The Labute approximate surface area is 116 Å². The fourth-order valence-electron chi connectivity index (χ4n) is 1.52. The zero-order valence-electron chi connectivity index (χ0n) is 12.9. The maximum atomic E-state index is 12.2. The molecular weight excluding hydrogens is 238 g/mol. The number of carbonyl (C=O) groups excluding carboxylic acids is 1. The number of nitrogens with zero attached hydrogens (tertiary/aromatic N) is 1. The van der Waals surface area contributed by atoms with Crippen LogP contribution in [0.25, 0.3) is 0 Å². The molecule has 1 aromatic heterocycles. The van der Waals surface area contributed by atoms with Crippen LogP contribution in [0.5, 0.6) is 5.88 Å². The van der Waals surface area contributed by atoms with Crippen LogP contribution in [-0.4, -0.2) is 17.4 Å². The van der Waals surface area contributed by atoms with Gasteiger partial charge in [-0.25, -0.2) is 4.98 Å². The minimum Gasteiger partial charge on any atom is -0.478 e. The summed E-state index contributed by atoms with van der Waals surface area (Å²) >= 11 is 0. The highest BCUT2D eigenvalue weighted by Crippen LogP contribution is 2.23. The van der Waals surface area contributed by atoms with E-state index in [9.17, 15) is 4.79 Å². The molecule has 0 aliphatic carbocycles. The maximum absolute atomic E-state index is 12.2. The number of Topliss-reactive ketones (excluding diaryl/α,β-unsaturated/α-hetero) is 1. The molecular formula is C16H25NO2. The van der Waals surface area contributed by atoms with Crippen molar-refractivity contribution in [1.29, 1.82) is 0 Å². The fraction of sp³-hybridized carbons (Fsp3) is 0.625. The highest BCUT2D eigenvalue weighted by Gasteiger charge is 2.23. The molecule has 3 heteroatoms. The number of ether oxygens (including phenoxy) is 1. The Morgan fingerprint density at radius 2 is 1.84 bits per heavy atom. The van der Waals surface area contributed by atoms with E-state index in [1.807, 2.05) is 20.8 Å². The van der Waals surface area contributed by atoms with Crippen LogP contribution in [-0.2, 0) is 0 Å². The van der Waals surface area contributed by atoms with Crippen molar-refractivity contribution in [1.82, 2.24) is 4.98 Å². The van der Waals surface area contributed by atoms with Gasteiger partial charge in [0.25, 0.3) is 0 Å². The Morgan fingerprint density at radius 3 is 2.37 bits per heavy atom. The highest BCUT2D eigenvalue weighted by atomic mass is 16.5. The Bertz CT molecular complexity index is 439. The first-order chi connectivity index (χ1) is 8.59. The van der Waals surface area contributed by atoms with Crippen LogP contribution in [0.15, 0.2) is 18.3 Å². The van der Waals surface area contributed by atoms with Gasteiger partial charge in [-0.05, 0) is 17.9 Å². The largest absolute Gasteiger partial charge is 0.478 e. The standard InChI is InChI=1S/C16H25NO2/c1-15(2,3)8-10-19-13-11-12(7-9-17-13)14(18)16(4,5)6/h7,9,11H,8,10H2,1-6H3. The summed E-state index contributed by atoms with van der Waals surface area (Å²) in [6, 6.07) is 3.47. The lowest BCUT2D eigenvalue weighted by Crippen LogP contribution is -2.20. The molecule has 106 valence electrons. The minimum absolute atomic E-state index is 0.107. The fourth-order valence-corrected chi connectivity index (χ4v) is 1.52. The first kappa shape index (κ1) is 15.7. The van der Waals surface area contributed by atoms with Crippen LogP contribution >= 0.6 is 0 Å². The smallest absolute Gasteiger partial charge is 0.213 e. The first-order valence-electron chi connectivity index (χ1n) is 6.73. The lowest BCUT2D eigenvalue weighted by atomic mass is 9.87. The lowest BCUT2D eigenvalue weighted by Gasteiger charge is -2.18. The number of pyridine rings is 1. The number of hydrogen-bond acceptors (Lipinski definition) is 3. The number of rotatable bonds is 4. The lowest BCUT2D eigenvalue weighted by molar-refractivity contribution is 0.0857. The molecule has 3 nitrogen and oxygen atoms in total. The van der Waals surface area contributed by atoms with E-state index in [1.165, 1.54) is 0 Å². The topological polar surface area (TPSA) is 39.2 Å². The summed E-state index contributed by atoms with van der Waals surface area (Å²) in [5.74, 6) is 0.634. The SMILES string of the molecule is CC(C)(C)CCOc1cc(C(=O)C(C)(C)C)ccn1. The summed E-state index contributed by atoms with van der Waals surface area (Å²) in [5, 5.41) is 0. The third-order valence-corrected chi connectivity index (χ3v) is 2.78. The van der Waals surface area contributed by atoms with Crippen LogP contribution in [0.4, 0.5) is 0 Å². The molecule has 0 N–H and O–H groups in total. The molecule has 0 aliphatic rings. The molecule has 0 unspecified atom stereocenters. The van der Waals surface area contributed by atoms with Crippen molar-refractivity contribution in [2.75, 3.05) is 6.61 Å². The van der Waals surface area contributed by atoms with Gasteiger partial charge in [0.2, 0.25) is 5.88 Å². The summed E-state index contributed by atoms with van der Waals surface area (Å²) in [6.45, 7) is 12.9. The molecule has 0 atom stereocenters. The maximum Gasteiger partial charge on any atom is 0.213 e. The van der Waals surface area contributed by atoms with Gasteiger partial charge in [-0.3, -0.25) is 4.79 Å². The van der Waals surface area contributed by atoms with Crippen molar-refractivity contribution < 1.29 is 9.53 Å². The van der Waals surface area contributed by atoms with E-state index in [0.29, 0.717) is 18.1 Å². The zero-order chi connectivity index (χ0) is 14.7. The zero-order valence-corrected chi connectivity index (χ0v) is 12.9. The van der Waals surface area contributed by atoms with E-state index >= 15 is 0 Å². The molecule has 1 aromatic rings. The van der Waals surface area contributed by atoms with Crippen molar-refractivity contribution in [3.63, 3.8) is 0 Å². The van der Waals surface area contributed by atoms with Gasteiger partial charge in [-0.1, -0.05) is 41.5 Å². The summed E-state index contributed by atoms with van der Waals surface area (Å²) in [7, 11) is 0. The molecule has 0 amide bonds. The van der Waals surface area contributed by atoms with Gasteiger partial charge < -0.3 is 4.74 Å². The quantitative estimate of drug-likeness (QED) is 0.767. The van der Waals surface area contributed by atoms with E-state index in [0.717, 1.165) is 6.42 Å². The Balaban J connectivity index is 2.70. The number of carbonyl (C=O) groups is 1. The van der Waals surface area contributed by atoms with Gasteiger partial charge in [-0.15, -0.1) is 0 Å². The minimum atomic E-state index is -0.385. The first-order valence-corrected chi connectivity index (χ1v) is 6.73. The molecule has 0 saturated heterocycles. The van der Waals surface area contributed by atoms with Crippen molar-refractivity contribution >= 4 is 5.78 Å². The van der Waals surface area contributed by atoms with Crippen LogP contribution in [0.1, 0.15) is 58.3 Å². The van der Waals surface area contributed by atoms with Crippen molar-refractivity contribution in [3.05, 3.63) is 23.9 Å². The predicted octanol–water partition coefficient (Wildman–Crippen LogP) is 4.13. The molecule has 0 radical (unpaired) electrons. The van der Waals surface area contributed by atoms with Crippen molar-refractivity contribution in [3.8, 4) is 5.88 Å². The summed E-state index contributed by atoms with van der Waals surface area (Å²) in [4.78, 5) is 16.3. The summed E-state index contributed by atoms with van der Waals surface area (Å²) in [6.07, 6.45) is 2.58. The third-order valence-electron chi connectivity index (χ3n) is 2.78. The predicted molar refractivity (Wildman–Crippen MR) is 77.6 cm³/mol. The van der Waals surface area contributed by atoms with Gasteiger partial charge in [-0.2, -0.15) is 0 Å². The van der Waals surface area contributed by atoms with Crippen LogP contribution in [0, 0.1) is 10.8 Å². The van der Waals surface area contributed by atoms with E-state index < -0.39 is 0 Å². The molecule has 0 aromatic carbocycles. The van der Waals surface area contributed by atoms with E-state index in [1.54, 1.807) is 18.3 Å². The summed E-state index contributed by atoms with van der Waals surface area (Å²) < 4.78 is 5.62. The number of aromatic nitrogens is 1. The average Bonchev–Trinajstić information content (AvgIpc) is 2.25. The normalized spacial score (nSPS) is 12.3. The Kier molecular flexibility index (Phi) is 4.72. The van der Waals surface area contributed by atoms with Gasteiger partial charge in [0.1, 0.15) is 0 Å². The van der Waals surface area contributed by atoms with Crippen LogP contribution in [0.2, 0.25) is 0 Å². The number of hydrogen-bond donors (Lipinski definition) is 0. The molecule has 0 fully saturated rings. The molecule has 0 bridgehead atoms. The highest BCUT2D eigenvalue weighted by molar-refractivity contribution is 5.99. The Hall–Kier alpha value is -1.38. The molecule has 19 heavy (non-hydrogen) atoms. The van der Waals surface area contributed by atoms with E-state index in [4.69, 9.17) is 4.74 Å². The van der Waals surface area contributed by atoms with Gasteiger partial charge in [0.15, 0.2) is 5.78 Å². The van der Waals surface area contributed by atoms with Crippen molar-refractivity contribution in [2.45, 2.75) is 48.0 Å². The summed E-state index contributed by atoms with van der Waals surface area (Å²) in [5.41, 5.74) is 0.510. The van der Waals surface area contributed by atoms with Gasteiger partial charge >= 0.3 is 0 Å². The second-order valence-electron chi connectivity index (χ2n) is 7.12. The molecule has 1 heterocycles. The Morgan fingerprint density at radius 1 is 1.21 bits per heavy atom. The molecule has 0 aliphatic heterocycles.